The topological polar surface area (TPSA) is 282 Å². The van der Waals surface area contributed by atoms with Gasteiger partial charge in [0.05, 0.1) is 28.4 Å². The Bertz CT molecular complexity index is 3640. The third-order valence-electron chi connectivity index (χ3n) is 13.0. The number of alkyl halides is 3. The molecule has 2 saturated heterocycles. The minimum atomic E-state index is -4.47. The van der Waals surface area contributed by atoms with E-state index in [2.05, 4.69) is 68.2 Å². The molecular formula is C57H64F3IN16O6. The Morgan fingerprint density at radius 2 is 1.07 bits per heavy atom. The number of nitrogens with two attached hydrogens (primary N) is 2. The summed E-state index contributed by atoms with van der Waals surface area (Å²) in [4.78, 5) is 78.1. The zero-order valence-corrected chi connectivity index (χ0v) is 49.2. The highest BCUT2D eigenvalue weighted by molar-refractivity contribution is 14.1. The first-order valence-corrected chi connectivity index (χ1v) is 27.6. The van der Waals surface area contributed by atoms with Crippen LogP contribution in [-0.4, -0.2) is 121 Å². The molecule has 2 aromatic carbocycles. The van der Waals surface area contributed by atoms with Crippen LogP contribution in [0.15, 0.2) is 97.8 Å². The summed E-state index contributed by atoms with van der Waals surface area (Å²) in [6, 6.07) is 19.1. The molecule has 22 nitrogen and oxygen atoms in total. The highest BCUT2D eigenvalue weighted by atomic mass is 127. The van der Waals surface area contributed by atoms with Crippen LogP contribution in [0.1, 0.15) is 117 Å². The zero-order chi connectivity index (χ0) is 60.0. The highest BCUT2D eigenvalue weighted by Gasteiger charge is 2.34. The minimum absolute atomic E-state index is 0.0478. The summed E-state index contributed by atoms with van der Waals surface area (Å²) >= 11 is 2.14. The van der Waals surface area contributed by atoms with E-state index in [9.17, 15) is 32.3 Å². The van der Waals surface area contributed by atoms with Crippen LogP contribution in [0.2, 0.25) is 0 Å². The van der Waals surface area contributed by atoms with Gasteiger partial charge in [-0.3, -0.25) is 9.59 Å². The number of benzene rings is 2. The Morgan fingerprint density at radius 3 is 1.58 bits per heavy atom. The SMILES string of the molecule is CC(C)(C)OC(=O)N1CCC[C@@H](n2nc(I)c3c(N)ncnc32)C1.Cc1ccc(C(=O)Nc2cc(C(F)(F)F)ccn2)cc1.Cc1ccnc(NC(=O)c2ccc(-c3nn([C@@H]4CCCN(C(=O)OC(C)(C)C)C4)c4ncnc(N)c34)cc2)c1. The fraction of sp³-hybridized carbons (Fsp3) is 0.368. The number of carbonyl (C=O) groups excluding carboxylic acids is 4. The summed E-state index contributed by atoms with van der Waals surface area (Å²) < 4.78 is 53.1. The third-order valence-corrected chi connectivity index (χ3v) is 13.8. The molecule has 2 aliphatic heterocycles. The molecule has 26 heteroatoms. The van der Waals surface area contributed by atoms with Crippen molar-refractivity contribution < 1.29 is 41.8 Å². The van der Waals surface area contributed by atoms with E-state index < -0.39 is 28.8 Å². The van der Waals surface area contributed by atoms with Crippen molar-refractivity contribution in [2.45, 2.75) is 111 Å². The molecule has 0 saturated carbocycles. The number of amides is 4. The number of halogens is 4. The first kappa shape index (κ1) is 60.5. The monoisotopic (exact) mass is 1250 g/mol. The van der Waals surface area contributed by atoms with Crippen molar-refractivity contribution in [3.63, 3.8) is 0 Å². The number of nitrogens with zero attached hydrogens (tertiary/aromatic N) is 12. The van der Waals surface area contributed by atoms with Gasteiger partial charge >= 0.3 is 18.4 Å². The number of nitrogens with one attached hydrogen (secondary N) is 2. The van der Waals surface area contributed by atoms with Crippen LogP contribution in [0.3, 0.4) is 0 Å². The van der Waals surface area contributed by atoms with Crippen LogP contribution in [-0.2, 0) is 15.7 Å². The summed E-state index contributed by atoms with van der Waals surface area (Å²) in [5.74, 6) is 0.333. The van der Waals surface area contributed by atoms with E-state index in [1.165, 1.54) is 12.7 Å². The van der Waals surface area contributed by atoms with Crippen molar-refractivity contribution in [3.8, 4) is 11.3 Å². The molecule has 0 unspecified atom stereocenters. The number of fused-ring (bicyclic) bond motifs is 2. The molecule has 4 amide bonds. The average molecular weight is 1250 g/mol. The maximum atomic E-state index is 12.8. The molecule has 436 valence electrons. The smallest absolute Gasteiger partial charge is 0.416 e. The molecule has 0 bridgehead atoms. The van der Waals surface area contributed by atoms with Gasteiger partial charge in [0, 0.05) is 55.3 Å². The minimum Gasteiger partial charge on any atom is -0.444 e. The summed E-state index contributed by atoms with van der Waals surface area (Å²) in [6.07, 6.45) is 3.88. The molecule has 6 N–H and O–H groups in total. The maximum absolute atomic E-state index is 12.8. The molecule has 8 aromatic rings. The molecule has 83 heavy (non-hydrogen) atoms. The third kappa shape index (κ3) is 15.5. The Hall–Kier alpha value is -8.56. The lowest BCUT2D eigenvalue weighted by molar-refractivity contribution is -0.137. The first-order chi connectivity index (χ1) is 39.2. The number of hydrogen-bond acceptors (Lipinski definition) is 16. The second-order valence-corrected chi connectivity index (χ2v) is 22.9. The summed E-state index contributed by atoms with van der Waals surface area (Å²) in [5.41, 5.74) is 15.8. The van der Waals surface area contributed by atoms with Gasteiger partial charge in [0.1, 0.15) is 56.5 Å². The largest absolute Gasteiger partial charge is 0.444 e. The highest BCUT2D eigenvalue weighted by Crippen LogP contribution is 2.35. The number of anilines is 4. The number of aromatic nitrogens is 10. The van der Waals surface area contributed by atoms with Gasteiger partial charge in [-0.25, -0.2) is 48.9 Å². The Balaban J connectivity index is 0.000000175. The van der Waals surface area contributed by atoms with Crippen molar-refractivity contribution in [2.75, 3.05) is 48.3 Å². The van der Waals surface area contributed by atoms with Gasteiger partial charge in [-0.15, -0.1) is 0 Å². The molecule has 2 fully saturated rings. The number of ether oxygens (including phenoxy) is 2. The van der Waals surface area contributed by atoms with E-state index in [-0.39, 0.29) is 36.0 Å². The van der Waals surface area contributed by atoms with Crippen molar-refractivity contribution >= 4 is 91.9 Å². The average Bonchev–Trinajstić information content (AvgIpc) is 3.03. The number of rotatable bonds is 7. The van der Waals surface area contributed by atoms with Gasteiger partial charge < -0.3 is 41.4 Å². The number of pyridine rings is 2. The first-order valence-electron chi connectivity index (χ1n) is 26.6. The van der Waals surface area contributed by atoms with Crippen LogP contribution in [0.5, 0.6) is 0 Å². The van der Waals surface area contributed by atoms with E-state index in [1.807, 2.05) is 89.0 Å². The van der Waals surface area contributed by atoms with E-state index in [4.69, 9.17) is 26.0 Å². The number of piperidine rings is 2. The van der Waals surface area contributed by atoms with Crippen molar-refractivity contribution in [1.82, 2.24) is 59.3 Å². The van der Waals surface area contributed by atoms with Gasteiger partial charge in [-0.1, -0.05) is 29.8 Å². The van der Waals surface area contributed by atoms with E-state index >= 15 is 0 Å². The maximum Gasteiger partial charge on any atom is 0.416 e. The number of hydrogen-bond donors (Lipinski definition) is 4. The fourth-order valence-electron chi connectivity index (χ4n) is 9.09. The molecule has 0 aliphatic carbocycles. The zero-order valence-electron chi connectivity index (χ0n) is 47.0. The van der Waals surface area contributed by atoms with Crippen molar-refractivity contribution in [3.05, 3.63) is 129 Å². The molecule has 2 aliphatic rings. The standard InChI is InChI=1S/C28H32N8O3.C15H21IN6O2.C14H11F3N2O/c1-17-11-12-30-21(14-17)33-26(37)19-9-7-18(8-10-19)23-22-24(29)31-16-32-25(22)36(34-23)20-6-5-13-35(15-20)27(38)39-28(2,3)4;1-15(2,3)24-14(23)21-6-4-5-9(7-21)22-13-10(11(16)20-22)12(17)18-8-19-13;1-9-2-4-10(5-3-9)13(20)19-12-8-11(6-7-18-12)14(15,16)17/h7-12,14,16,20H,5-6,13,15H2,1-4H3,(H2,29,31,32)(H,30,33,37);8-9H,4-7H2,1-3H3,(H2,17,18,19);2-8H,1H3,(H,18,19,20)/t20-;9-;/m11./s1. The lowest BCUT2D eigenvalue weighted by Gasteiger charge is -2.34. The molecule has 10 rings (SSSR count). The molecule has 8 heterocycles. The van der Waals surface area contributed by atoms with E-state index in [0.29, 0.717) is 77.1 Å². The predicted molar refractivity (Wildman–Crippen MR) is 315 cm³/mol. The van der Waals surface area contributed by atoms with Crippen LogP contribution in [0, 0.1) is 17.5 Å². The number of aryl methyl sites for hydroxylation is 2. The number of nitrogen functional groups attached to an aromatic ring is 2. The summed E-state index contributed by atoms with van der Waals surface area (Å²) in [6.45, 7) is 17.3. The van der Waals surface area contributed by atoms with Gasteiger partial charge in [-0.05, 0) is 158 Å². The van der Waals surface area contributed by atoms with Crippen molar-refractivity contribution in [2.24, 2.45) is 0 Å². The van der Waals surface area contributed by atoms with E-state index in [1.54, 1.807) is 52.4 Å². The van der Waals surface area contributed by atoms with Gasteiger partial charge in [0.25, 0.3) is 11.8 Å². The molecule has 0 radical (unpaired) electrons. The van der Waals surface area contributed by atoms with Crippen LogP contribution >= 0.6 is 22.6 Å². The Labute approximate surface area is 490 Å². The lowest BCUT2D eigenvalue weighted by Crippen LogP contribution is -2.43. The molecule has 2 atom stereocenters. The quantitative estimate of drug-likeness (QED) is 0.108. The number of carbonyl (C=O) groups is 4. The van der Waals surface area contributed by atoms with Gasteiger partial charge in [-0.2, -0.15) is 23.4 Å². The molecular weight excluding hydrogens is 1190 g/mol. The van der Waals surface area contributed by atoms with E-state index in [0.717, 1.165) is 69.8 Å². The van der Waals surface area contributed by atoms with Crippen molar-refractivity contribution in [1.29, 1.82) is 0 Å². The van der Waals surface area contributed by atoms with Crippen LogP contribution < -0.4 is 22.1 Å². The molecule has 6 aromatic heterocycles. The summed E-state index contributed by atoms with van der Waals surface area (Å²) in [5, 5.41) is 16.1. The van der Waals surface area contributed by atoms with Gasteiger partial charge in [0.2, 0.25) is 0 Å². The normalized spacial score (nSPS) is 15.6. The second kappa shape index (κ2) is 25.3. The predicted octanol–water partition coefficient (Wildman–Crippen LogP) is 10.8. The van der Waals surface area contributed by atoms with Gasteiger partial charge in [0.15, 0.2) is 11.3 Å². The fourth-order valence-corrected chi connectivity index (χ4v) is 9.84. The lowest BCUT2D eigenvalue weighted by atomic mass is 10.1. The van der Waals surface area contributed by atoms with Crippen LogP contribution in [0.4, 0.5) is 46.0 Å². The van der Waals surface area contributed by atoms with Crippen LogP contribution in [0.25, 0.3) is 33.3 Å². The Morgan fingerprint density at radius 1 is 0.602 bits per heavy atom. The number of likely N-dealkylation sites (tertiary alicyclic amines) is 2. The summed E-state index contributed by atoms with van der Waals surface area (Å²) in [7, 11) is 0. The Kier molecular flexibility index (Phi) is 18.4. The molecule has 0 spiro atoms. The second-order valence-electron chi connectivity index (χ2n) is 21.9.